The van der Waals surface area contributed by atoms with E-state index < -0.39 is 0 Å². The Hall–Kier alpha value is -1.88. The maximum absolute atomic E-state index is 12.2. The van der Waals surface area contributed by atoms with Gasteiger partial charge < -0.3 is 9.47 Å². The third-order valence-corrected chi connectivity index (χ3v) is 3.44. The van der Waals surface area contributed by atoms with Crippen molar-refractivity contribution in [3.05, 3.63) is 40.3 Å². The monoisotopic (exact) mass is 291 g/mol. The Bertz CT molecular complexity index is 567. The number of ketones is 1. The minimum atomic E-state index is 0.0314. The molecule has 4 nitrogen and oxygen atoms in total. The number of aromatic nitrogens is 1. The lowest BCUT2D eigenvalue weighted by Gasteiger charge is -2.11. The van der Waals surface area contributed by atoms with E-state index in [1.807, 2.05) is 19.2 Å². The van der Waals surface area contributed by atoms with Crippen molar-refractivity contribution in [1.29, 1.82) is 0 Å². The summed E-state index contributed by atoms with van der Waals surface area (Å²) in [6, 6.07) is 5.29. The Morgan fingerprint density at radius 2 is 1.95 bits per heavy atom. The summed E-state index contributed by atoms with van der Waals surface area (Å²) in [6.45, 7) is 4.91. The molecule has 0 aliphatic carbocycles. The lowest BCUT2D eigenvalue weighted by Crippen LogP contribution is -2.05. The molecule has 0 atom stereocenters. The summed E-state index contributed by atoms with van der Waals surface area (Å²) < 4.78 is 11.0. The van der Waals surface area contributed by atoms with Gasteiger partial charge in [-0.25, -0.2) is 4.98 Å². The second-order valence-corrected chi connectivity index (χ2v) is 5.03. The second-order valence-electron chi connectivity index (χ2n) is 4.05. The van der Waals surface area contributed by atoms with Gasteiger partial charge in [-0.1, -0.05) is 0 Å². The third-order valence-electron chi connectivity index (χ3n) is 2.66. The van der Waals surface area contributed by atoms with E-state index in [1.54, 1.807) is 24.4 Å². The van der Waals surface area contributed by atoms with Crippen molar-refractivity contribution < 1.29 is 14.3 Å². The van der Waals surface area contributed by atoms with Gasteiger partial charge in [0, 0.05) is 17.1 Å². The largest absolute Gasteiger partial charge is 0.490 e. The van der Waals surface area contributed by atoms with E-state index in [2.05, 4.69) is 4.98 Å². The number of benzene rings is 1. The molecule has 106 valence electrons. The van der Waals surface area contributed by atoms with Crippen LogP contribution >= 0.6 is 11.3 Å². The van der Waals surface area contributed by atoms with Crippen molar-refractivity contribution >= 4 is 17.1 Å². The van der Waals surface area contributed by atoms with Gasteiger partial charge in [0.15, 0.2) is 17.3 Å². The summed E-state index contributed by atoms with van der Waals surface area (Å²) in [5.74, 6) is 1.31. The molecule has 0 saturated carbocycles. The molecule has 0 fully saturated rings. The second kappa shape index (κ2) is 7.05. The van der Waals surface area contributed by atoms with Gasteiger partial charge in [0.05, 0.1) is 19.6 Å². The lowest BCUT2D eigenvalue weighted by molar-refractivity contribution is 0.0992. The number of ether oxygens (including phenoxy) is 2. The molecule has 0 bridgehead atoms. The zero-order chi connectivity index (χ0) is 14.4. The number of carbonyl (C=O) groups is 1. The van der Waals surface area contributed by atoms with E-state index in [-0.39, 0.29) is 5.78 Å². The normalized spacial score (nSPS) is 10.3. The van der Waals surface area contributed by atoms with Crippen molar-refractivity contribution in [2.24, 2.45) is 0 Å². The van der Waals surface area contributed by atoms with E-state index in [1.165, 1.54) is 11.3 Å². The maximum atomic E-state index is 12.2. The third kappa shape index (κ3) is 3.57. The van der Waals surface area contributed by atoms with Crippen LogP contribution in [-0.2, 0) is 6.42 Å². The maximum Gasteiger partial charge on any atom is 0.169 e. The van der Waals surface area contributed by atoms with Crippen LogP contribution in [0.15, 0.2) is 29.8 Å². The standard InChI is InChI=1S/C15H17NO3S/c1-3-18-13-6-5-11(9-14(13)19-4-2)12(17)10-15-16-7-8-20-15/h5-9H,3-4,10H2,1-2H3. The molecule has 0 amide bonds. The van der Waals surface area contributed by atoms with Gasteiger partial charge in [-0.3, -0.25) is 4.79 Å². The van der Waals surface area contributed by atoms with E-state index in [0.717, 1.165) is 5.01 Å². The average Bonchev–Trinajstić information content (AvgIpc) is 2.94. The summed E-state index contributed by atoms with van der Waals surface area (Å²) >= 11 is 1.48. The Labute approximate surface area is 122 Å². The van der Waals surface area contributed by atoms with Crippen LogP contribution in [0.3, 0.4) is 0 Å². The van der Waals surface area contributed by atoms with Crippen LogP contribution < -0.4 is 9.47 Å². The molecule has 2 aromatic rings. The van der Waals surface area contributed by atoms with Crippen LogP contribution in [-0.4, -0.2) is 24.0 Å². The van der Waals surface area contributed by atoms with E-state index in [9.17, 15) is 4.79 Å². The zero-order valence-corrected chi connectivity index (χ0v) is 12.4. The van der Waals surface area contributed by atoms with Crippen LogP contribution in [0, 0.1) is 0 Å². The number of rotatable bonds is 7. The number of hydrogen-bond acceptors (Lipinski definition) is 5. The van der Waals surface area contributed by atoms with Gasteiger partial charge in [-0.05, 0) is 32.0 Å². The first kappa shape index (κ1) is 14.5. The number of hydrogen-bond donors (Lipinski definition) is 0. The van der Waals surface area contributed by atoms with Crippen molar-refractivity contribution in [2.75, 3.05) is 13.2 Å². The Kier molecular flexibility index (Phi) is 5.12. The average molecular weight is 291 g/mol. The molecule has 0 spiro atoms. The zero-order valence-electron chi connectivity index (χ0n) is 11.6. The molecule has 0 N–H and O–H groups in total. The van der Waals surface area contributed by atoms with Crippen molar-refractivity contribution in [3.8, 4) is 11.5 Å². The SMILES string of the molecule is CCOc1ccc(C(=O)Cc2nccs2)cc1OCC. The number of Topliss-reactive ketones (excluding diaryl/α,β-unsaturated/α-hetero) is 1. The fourth-order valence-electron chi connectivity index (χ4n) is 1.80. The predicted molar refractivity (Wildman–Crippen MR) is 78.9 cm³/mol. The van der Waals surface area contributed by atoms with Gasteiger partial charge in [-0.15, -0.1) is 11.3 Å². The fourth-order valence-corrected chi connectivity index (χ4v) is 2.42. The molecule has 1 aromatic carbocycles. The number of nitrogens with zero attached hydrogens (tertiary/aromatic N) is 1. The topological polar surface area (TPSA) is 48.4 Å². The molecule has 20 heavy (non-hydrogen) atoms. The number of carbonyl (C=O) groups excluding carboxylic acids is 1. The van der Waals surface area contributed by atoms with E-state index >= 15 is 0 Å². The first-order valence-corrected chi connectivity index (χ1v) is 7.43. The highest BCUT2D eigenvalue weighted by Gasteiger charge is 2.13. The molecule has 0 saturated heterocycles. The first-order valence-electron chi connectivity index (χ1n) is 6.55. The van der Waals surface area contributed by atoms with Gasteiger partial charge in [0.2, 0.25) is 0 Å². The Morgan fingerprint density at radius 1 is 1.20 bits per heavy atom. The van der Waals surface area contributed by atoms with Crippen LogP contribution in [0.4, 0.5) is 0 Å². The van der Waals surface area contributed by atoms with Gasteiger partial charge in [-0.2, -0.15) is 0 Å². The molecule has 0 aliphatic heterocycles. The quantitative estimate of drug-likeness (QED) is 0.734. The highest BCUT2D eigenvalue weighted by molar-refractivity contribution is 7.09. The highest BCUT2D eigenvalue weighted by atomic mass is 32.1. The van der Waals surface area contributed by atoms with Crippen LogP contribution in [0.1, 0.15) is 29.2 Å². The lowest BCUT2D eigenvalue weighted by atomic mass is 10.1. The fraction of sp³-hybridized carbons (Fsp3) is 0.333. The summed E-state index contributed by atoms with van der Waals surface area (Å²) in [6.07, 6.45) is 2.02. The summed E-state index contributed by atoms with van der Waals surface area (Å²) in [4.78, 5) is 16.3. The molecule has 0 radical (unpaired) electrons. The Morgan fingerprint density at radius 3 is 2.60 bits per heavy atom. The smallest absolute Gasteiger partial charge is 0.169 e. The minimum Gasteiger partial charge on any atom is -0.490 e. The molecule has 2 rings (SSSR count). The highest BCUT2D eigenvalue weighted by Crippen LogP contribution is 2.29. The summed E-state index contributed by atoms with van der Waals surface area (Å²) in [5, 5.41) is 2.69. The van der Waals surface area contributed by atoms with E-state index in [0.29, 0.717) is 36.7 Å². The van der Waals surface area contributed by atoms with Gasteiger partial charge >= 0.3 is 0 Å². The van der Waals surface area contributed by atoms with Crippen molar-refractivity contribution in [1.82, 2.24) is 4.98 Å². The van der Waals surface area contributed by atoms with Gasteiger partial charge in [0.25, 0.3) is 0 Å². The van der Waals surface area contributed by atoms with Crippen molar-refractivity contribution in [3.63, 3.8) is 0 Å². The molecule has 1 heterocycles. The van der Waals surface area contributed by atoms with Gasteiger partial charge in [0.1, 0.15) is 5.01 Å². The molecule has 0 unspecified atom stereocenters. The van der Waals surface area contributed by atoms with E-state index in [4.69, 9.17) is 9.47 Å². The minimum absolute atomic E-state index is 0.0314. The van der Waals surface area contributed by atoms with Crippen LogP contribution in [0.25, 0.3) is 0 Å². The molecule has 0 aliphatic rings. The predicted octanol–water partition coefficient (Wildman–Crippen LogP) is 3.37. The van der Waals surface area contributed by atoms with Crippen LogP contribution in [0.5, 0.6) is 11.5 Å². The van der Waals surface area contributed by atoms with Crippen LogP contribution in [0.2, 0.25) is 0 Å². The molecular weight excluding hydrogens is 274 g/mol. The molecule has 5 heteroatoms. The molecule has 1 aromatic heterocycles. The molecular formula is C15H17NO3S. The summed E-state index contributed by atoms with van der Waals surface area (Å²) in [5.41, 5.74) is 0.618. The number of thiazole rings is 1. The Balaban J connectivity index is 2.19. The first-order chi connectivity index (χ1) is 9.74. The summed E-state index contributed by atoms with van der Waals surface area (Å²) in [7, 11) is 0. The van der Waals surface area contributed by atoms with Crippen molar-refractivity contribution in [2.45, 2.75) is 20.3 Å².